The van der Waals surface area contributed by atoms with Crippen LogP contribution in [0.4, 0.5) is 4.79 Å². The number of likely N-dealkylation sites (tertiary alicyclic amines) is 1. The minimum Gasteiger partial charge on any atom is -0.444 e. The number of hydrogen-bond acceptors (Lipinski definition) is 4. The lowest BCUT2D eigenvalue weighted by molar-refractivity contribution is -0.0332. The first kappa shape index (κ1) is 15.3. The van der Waals surface area contributed by atoms with E-state index in [1.807, 2.05) is 26.8 Å². The molecule has 0 saturated carbocycles. The Morgan fingerprint density at radius 3 is 2.90 bits per heavy atom. The van der Waals surface area contributed by atoms with Crippen LogP contribution < -0.4 is 0 Å². The Morgan fingerprint density at radius 2 is 2.29 bits per heavy atom. The highest BCUT2D eigenvalue weighted by atomic mass is 79.9. The summed E-state index contributed by atoms with van der Waals surface area (Å²) in [5.74, 6) is 0.396. The van der Waals surface area contributed by atoms with Crippen molar-refractivity contribution in [2.75, 3.05) is 19.7 Å². The highest BCUT2D eigenvalue weighted by Crippen LogP contribution is 2.46. The molecule has 6 heteroatoms. The normalized spacial score (nSPS) is 28.8. The van der Waals surface area contributed by atoms with Crippen LogP contribution in [0, 0.1) is 5.92 Å². The topological polar surface area (TPSA) is 38.8 Å². The Labute approximate surface area is 137 Å². The molecule has 116 valence electrons. The van der Waals surface area contributed by atoms with Gasteiger partial charge in [-0.15, -0.1) is 11.3 Å². The molecular weight excluding hydrogens is 354 g/mol. The van der Waals surface area contributed by atoms with Gasteiger partial charge in [0.2, 0.25) is 0 Å². The van der Waals surface area contributed by atoms with Gasteiger partial charge in [0, 0.05) is 17.3 Å². The summed E-state index contributed by atoms with van der Waals surface area (Å²) in [6.45, 7) is 7.70. The lowest BCUT2D eigenvalue weighted by atomic mass is 9.88. The molecule has 4 nitrogen and oxygen atoms in total. The molecule has 3 heterocycles. The van der Waals surface area contributed by atoms with Crippen LogP contribution in [0.15, 0.2) is 15.9 Å². The highest BCUT2D eigenvalue weighted by Gasteiger charge is 2.50. The summed E-state index contributed by atoms with van der Waals surface area (Å²) in [5, 5.41) is 0. The van der Waals surface area contributed by atoms with Gasteiger partial charge in [-0.2, -0.15) is 0 Å². The van der Waals surface area contributed by atoms with Crippen LogP contribution in [0.2, 0.25) is 0 Å². The zero-order chi connectivity index (χ0) is 15.3. The van der Waals surface area contributed by atoms with Crippen LogP contribution in [-0.4, -0.2) is 36.3 Å². The Balaban J connectivity index is 1.80. The number of hydrogen-bond donors (Lipinski definition) is 0. The van der Waals surface area contributed by atoms with E-state index in [0.717, 1.165) is 23.4 Å². The molecule has 2 fully saturated rings. The van der Waals surface area contributed by atoms with E-state index in [2.05, 4.69) is 22.0 Å². The van der Waals surface area contributed by atoms with Crippen molar-refractivity contribution in [1.29, 1.82) is 0 Å². The minimum atomic E-state index is -0.465. The van der Waals surface area contributed by atoms with Crippen molar-refractivity contribution in [3.05, 3.63) is 20.8 Å². The van der Waals surface area contributed by atoms with E-state index in [0.29, 0.717) is 12.5 Å². The standard InChI is InChI=1S/C15H20BrNO3S/c1-14(2,3)20-13(18)17-7-10-6-15(9-17,19-8-10)11-4-5-12(16)21-11/h4-5,10H,6-9H2,1-3H3. The monoisotopic (exact) mass is 373 g/mol. The van der Waals surface area contributed by atoms with Gasteiger partial charge >= 0.3 is 6.09 Å². The number of amides is 1. The van der Waals surface area contributed by atoms with Crippen molar-refractivity contribution in [2.24, 2.45) is 5.92 Å². The Hall–Kier alpha value is -0.590. The molecule has 0 aliphatic carbocycles. The number of rotatable bonds is 1. The summed E-state index contributed by atoms with van der Waals surface area (Å²) in [7, 11) is 0. The number of piperidine rings is 1. The summed E-state index contributed by atoms with van der Waals surface area (Å²) in [4.78, 5) is 15.3. The van der Waals surface area contributed by atoms with Gasteiger partial charge in [0.05, 0.1) is 16.9 Å². The van der Waals surface area contributed by atoms with E-state index in [4.69, 9.17) is 9.47 Å². The van der Waals surface area contributed by atoms with E-state index in [1.54, 1.807) is 16.2 Å². The smallest absolute Gasteiger partial charge is 0.410 e. The molecule has 1 amide bonds. The molecule has 0 N–H and O–H groups in total. The van der Waals surface area contributed by atoms with E-state index in [1.165, 1.54) is 4.88 Å². The fraction of sp³-hybridized carbons (Fsp3) is 0.667. The summed E-state index contributed by atoms with van der Waals surface area (Å²) >= 11 is 5.19. The maximum absolute atomic E-state index is 12.4. The predicted molar refractivity (Wildman–Crippen MR) is 85.6 cm³/mol. The van der Waals surface area contributed by atoms with Crippen LogP contribution in [-0.2, 0) is 15.1 Å². The van der Waals surface area contributed by atoms with Crippen LogP contribution in [0.3, 0.4) is 0 Å². The Bertz CT molecular complexity index is 553. The van der Waals surface area contributed by atoms with Gasteiger partial charge in [0.25, 0.3) is 0 Å². The third-order valence-corrected chi connectivity index (χ3v) is 5.62. The van der Waals surface area contributed by atoms with Crippen molar-refractivity contribution in [3.63, 3.8) is 0 Å². The molecular formula is C15H20BrNO3S. The van der Waals surface area contributed by atoms with Crippen molar-refractivity contribution in [1.82, 2.24) is 4.90 Å². The van der Waals surface area contributed by atoms with Crippen molar-refractivity contribution in [3.8, 4) is 0 Å². The van der Waals surface area contributed by atoms with Crippen molar-refractivity contribution >= 4 is 33.4 Å². The summed E-state index contributed by atoms with van der Waals surface area (Å²) in [5.41, 5.74) is -0.815. The highest BCUT2D eigenvalue weighted by molar-refractivity contribution is 9.11. The number of carbonyl (C=O) groups is 1. The quantitative estimate of drug-likeness (QED) is 0.746. The maximum Gasteiger partial charge on any atom is 0.410 e. The molecule has 0 aromatic carbocycles. The molecule has 1 aromatic heterocycles. The molecule has 2 aliphatic rings. The van der Waals surface area contributed by atoms with Crippen LogP contribution in [0.25, 0.3) is 0 Å². The first-order valence-corrected chi connectivity index (χ1v) is 8.76. The number of carbonyl (C=O) groups excluding carboxylic acids is 1. The number of ether oxygens (including phenoxy) is 2. The molecule has 2 bridgehead atoms. The average molecular weight is 374 g/mol. The van der Waals surface area contributed by atoms with E-state index in [9.17, 15) is 4.79 Å². The second-order valence-corrected chi connectivity index (χ2v) is 9.30. The molecule has 2 aliphatic heterocycles. The number of halogens is 1. The fourth-order valence-corrected chi connectivity index (χ4v) is 4.58. The summed E-state index contributed by atoms with van der Waals surface area (Å²) in [6, 6.07) is 4.13. The fourth-order valence-electron chi connectivity index (χ4n) is 3.05. The molecule has 3 rings (SSSR count). The van der Waals surface area contributed by atoms with E-state index in [-0.39, 0.29) is 11.7 Å². The predicted octanol–water partition coefficient (Wildman–Crippen LogP) is 3.99. The molecule has 2 atom stereocenters. The summed E-state index contributed by atoms with van der Waals surface area (Å²) < 4.78 is 12.7. The van der Waals surface area contributed by atoms with Crippen LogP contribution in [0.5, 0.6) is 0 Å². The van der Waals surface area contributed by atoms with Gasteiger partial charge in [0.1, 0.15) is 11.2 Å². The lowest BCUT2D eigenvalue weighted by Gasteiger charge is -2.38. The maximum atomic E-state index is 12.4. The van der Waals surface area contributed by atoms with E-state index < -0.39 is 5.60 Å². The second-order valence-electron chi connectivity index (χ2n) is 6.84. The zero-order valence-corrected chi connectivity index (χ0v) is 14.9. The third-order valence-electron chi connectivity index (χ3n) is 3.81. The first-order valence-electron chi connectivity index (χ1n) is 7.15. The third kappa shape index (κ3) is 3.12. The molecule has 2 saturated heterocycles. The van der Waals surface area contributed by atoms with Gasteiger partial charge in [-0.3, -0.25) is 0 Å². The molecule has 0 spiro atoms. The van der Waals surface area contributed by atoms with Gasteiger partial charge in [-0.05, 0) is 55.3 Å². The number of thiophene rings is 1. The number of fused-ring (bicyclic) bond motifs is 2. The largest absolute Gasteiger partial charge is 0.444 e. The molecule has 2 unspecified atom stereocenters. The minimum absolute atomic E-state index is 0.238. The van der Waals surface area contributed by atoms with Gasteiger partial charge in [-0.25, -0.2) is 4.79 Å². The first-order chi connectivity index (χ1) is 9.77. The Morgan fingerprint density at radius 1 is 1.52 bits per heavy atom. The van der Waals surface area contributed by atoms with E-state index >= 15 is 0 Å². The van der Waals surface area contributed by atoms with Crippen LogP contribution >= 0.6 is 27.3 Å². The zero-order valence-electron chi connectivity index (χ0n) is 12.5. The van der Waals surface area contributed by atoms with Gasteiger partial charge in [-0.1, -0.05) is 0 Å². The SMILES string of the molecule is CC(C)(C)OC(=O)N1CC2COC(c3ccc(Br)s3)(C2)C1. The van der Waals surface area contributed by atoms with Gasteiger partial charge in [0.15, 0.2) is 0 Å². The van der Waals surface area contributed by atoms with Crippen molar-refractivity contribution < 1.29 is 14.3 Å². The lowest BCUT2D eigenvalue weighted by Crippen LogP contribution is -2.49. The molecule has 0 radical (unpaired) electrons. The average Bonchev–Trinajstić information content (AvgIpc) is 2.92. The number of nitrogens with zero attached hydrogens (tertiary/aromatic N) is 1. The molecule has 1 aromatic rings. The second kappa shape index (κ2) is 5.25. The molecule has 21 heavy (non-hydrogen) atoms. The summed E-state index contributed by atoms with van der Waals surface area (Å²) in [6.07, 6.45) is 0.747. The van der Waals surface area contributed by atoms with Gasteiger partial charge < -0.3 is 14.4 Å². The Kier molecular flexibility index (Phi) is 3.83. The van der Waals surface area contributed by atoms with Crippen molar-refractivity contribution in [2.45, 2.75) is 38.4 Å². The van der Waals surface area contributed by atoms with Crippen LogP contribution in [0.1, 0.15) is 32.1 Å².